The van der Waals surface area contributed by atoms with Gasteiger partial charge in [0.25, 0.3) is 5.91 Å². The molecule has 2 aliphatic rings. The third-order valence-electron chi connectivity index (χ3n) is 6.97. The predicted octanol–water partition coefficient (Wildman–Crippen LogP) is 3.09. The number of hydrogen-bond acceptors (Lipinski definition) is 6. The first-order valence-electron chi connectivity index (χ1n) is 12.0. The fourth-order valence-corrected chi connectivity index (χ4v) is 6.38. The maximum atomic E-state index is 14.8. The first-order chi connectivity index (χ1) is 16.4. The number of rotatable bonds is 6. The Labute approximate surface area is 207 Å². The lowest BCUT2D eigenvalue weighted by molar-refractivity contribution is 0.0979. The summed E-state index contributed by atoms with van der Waals surface area (Å²) in [6.45, 7) is 9.36. The van der Waals surface area contributed by atoms with Gasteiger partial charge in [-0.3, -0.25) is 4.79 Å². The third-order valence-corrected chi connectivity index (χ3v) is 8.42. The average molecular weight is 504 g/mol. The summed E-state index contributed by atoms with van der Waals surface area (Å²) in [5.74, 6) is -0.426. The third kappa shape index (κ3) is 5.19. The summed E-state index contributed by atoms with van der Waals surface area (Å²) in [7, 11) is -2.23. The van der Waals surface area contributed by atoms with Crippen molar-refractivity contribution in [1.82, 2.24) is 19.3 Å². The van der Waals surface area contributed by atoms with Crippen LogP contribution in [0, 0.1) is 18.7 Å². The largest absolute Gasteiger partial charge is 0.351 e. The van der Waals surface area contributed by atoms with Gasteiger partial charge in [0.05, 0.1) is 11.3 Å². The molecule has 1 amide bonds. The molecule has 2 aromatic rings. The molecule has 2 fully saturated rings. The van der Waals surface area contributed by atoms with Gasteiger partial charge in [-0.1, -0.05) is 13.0 Å². The maximum absolute atomic E-state index is 14.8. The number of carbonyl (C=O) groups excluding carboxylic acids is 1. The Morgan fingerprint density at radius 3 is 2.54 bits per heavy atom. The minimum absolute atomic E-state index is 0.0504. The Bertz CT molecular complexity index is 1230. The van der Waals surface area contributed by atoms with Crippen molar-refractivity contribution in [3.63, 3.8) is 0 Å². The van der Waals surface area contributed by atoms with Crippen molar-refractivity contribution in [2.75, 3.05) is 31.6 Å². The van der Waals surface area contributed by atoms with Crippen LogP contribution in [0.5, 0.6) is 0 Å². The monoisotopic (exact) mass is 503 g/mol. The van der Waals surface area contributed by atoms with Crippen molar-refractivity contribution in [2.45, 2.75) is 52.1 Å². The summed E-state index contributed by atoms with van der Waals surface area (Å²) in [4.78, 5) is 20.1. The van der Waals surface area contributed by atoms with Gasteiger partial charge in [0.2, 0.25) is 0 Å². The number of carbonyl (C=O) groups is 1. The maximum Gasteiger partial charge on any atom is 0.304 e. The van der Waals surface area contributed by atoms with E-state index in [9.17, 15) is 17.6 Å². The van der Waals surface area contributed by atoms with Gasteiger partial charge < -0.3 is 10.2 Å². The van der Waals surface area contributed by atoms with Crippen LogP contribution in [0.25, 0.3) is 11.3 Å². The van der Waals surface area contributed by atoms with E-state index in [2.05, 4.69) is 30.8 Å². The van der Waals surface area contributed by atoms with E-state index < -0.39 is 21.9 Å². The van der Waals surface area contributed by atoms with Gasteiger partial charge in [0.1, 0.15) is 11.6 Å². The van der Waals surface area contributed by atoms with Crippen molar-refractivity contribution in [3.8, 4) is 11.3 Å². The number of hydrogen-bond donors (Lipinski definition) is 2. The normalized spacial score (nSPS) is 22.5. The molecule has 0 unspecified atom stereocenters. The van der Waals surface area contributed by atoms with Crippen molar-refractivity contribution in [1.29, 1.82) is 0 Å². The van der Waals surface area contributed by atoms with Crippen molar-refractivity contribution >= 4 is 21.9 Å². The number of nitrogens with zero attached hydrogens (tertiary/aromatic N) is 3. The lowest BCUT2D eigenvalue weighted by Gasteiger charge is -2.34. The highest BCUT2D eigenvalue weighted by molar-refractivity contribution is 7.87. The minimum atomic E-state index is -4.02. The molecule has 3 heterocycles. The second-order valence-corrected chi connectivity index (χ2v) is 12.0. The zero-order chi connectivity index (χ0) is 25.5. The Kier molecular flexibility index (Phi) is 6.91. The van der Waals surface area contributed by atoms with Crippen LogP contribution in [0.15, 0.2) is 30.3 Å². The van der Waals surface area contributed by atoms with Crippen LogP contribution in [-0.4, -0.2) is 61.9 Å². The molecule has 0 aliphatic carbocycles. The summed E-state index contributed by atoms with van der Waals surface area (Å²) < 4.78 is 44.1. The van der Waals surface area contributed by atoms with E-state index in [1.807, 2.05) is 17.9 Å². The fourth-order valence-electron chi connectivity index (χ4n) is 5.19. The number of aryl methyl sites for hydroxylation is 1. The van der Waals surface area contributed by atoms with E-state index in [1.54, 1.807) is 25.2 Å². The molecule has 0 bridgehead atoms. The highest BCUT2D eigenvalue weighted by Crippen LogP contribution is 2.38. The molecule has 190 valence electrons. The molecule has 10 heteroatoms. The van der Waals surface area contributed by atoms with Gasteiger partial charge in [-0.15, -0.1) is 0 Å². The van der Waals surface area contributed by atoms with E-state index in [-0.39, 0.29) is 17.1 Å². The van der Waals surface area contributed by atoms with E-state index in [0.717, 1.165) is 12.0 Å². The van der Waals surface area contributed by atoms with Crippen LogP contribution in [0.3, 0.4) is 0 Å². The number of benzene rings is 1. The Balaban J connectivity index is 1.72. The molecular weight excluding hydrogens is 469 g/mol. The van der Waals surface area contributed by atoms with Gasteiger partial charge in [-0.25, -0.2) is 14.1 Å². The van der Waals surface area contributed by atoms with E-state index in [0.29, 0.717) is 49.0 Å². The van der Waals surface area contributed by atoms with Crippen LogP contribution >= 0.6 is 0 Å². The Morgan fingerprint density at radius 2 is 1.94 bits per heavy atom. The molecule has 4 rings (SSSR count). The number of halogens is 1. The lowest BCUT2D eigenvalue weighted by atomic mass is 9.97. The Hall–Kier alpha value is -2.56. The minimum Gasteiger partial charge on any atom is -0.351 e. The van der Waals surface area contributed by atoms with Gasteiger partial charge in [-0.2, -0.15) is 12.7 Å². The van der Waals surface area contributed by atoms with Crippen LogP contribution in [0.1, 0.15) is 49.5 Å². The molecule has 0 spiro atoms. The van der Waals surface area contributed by atoms with Crippen LogP contribution in [0.4, 0.5) is 10.2 Å². The zero-order valence-electron chi connectivity index (χ0n) is 20.9. The molecule has 2 saturated heterocycles. The summed E-state index contributed by atoms with van der Waals surface area (Å²) >= 11 is 0. The molecule has 35 heavy (non-hydrogen) atoms. The SMILES string of the molecule is CN[C@H]1CCN(S(=O)(=O)NC(=O)c2ccc(-c3ccc(C)cc3F)nc2N2C[C@@H](C)CC2(C)C)C1. The van der Waals surface area contributed by atoms with Crippen LogP contribution in [0.2, 0.25) is 0 Å². The molecule has 0 saturated carbocycles. The smallest absolute Gasteiger partial charge is 0.304 e. The van der Waals surface area contributed by atoms with Crippen molar-refractivity contribution in [3.05, 3.63) is 47.3 Å². The van der Waals surface area contributed by atoms with E-state index in [4.69, 9.17) is 4.98 Å². The second kappa shape index (κ2) is 9.48. The zero-order valence-corrected chi connectivity index (χ0v) is 21.7. The molecule has 1 aromatic carbocycles. The molecular formula is C25H34FN5O3S. The number of aromatic nitrogens is 1. The quantitative estimate of drug-likeness (QED) is 0.629. The van der Waals surface area contributed by atoms with Gasteiger partial charge in [0, 0.05) is 36.8 Å². The Morgan fingerprint density at radius 1 is 1.20 bits per heavy atom. The first kappa shape index (κ1) is 25.5. The summed E-state index contributed by atoms with van der Waals surface area (Å²) in [6.07, 6.45) is 1.56. The number of anilines is 1. The fraction of sp³-hybridized carbons (Fsp3) is 0.520. The van der Waals surface area contributed by atoms with Crippen LogP contribution in [-0.2, 0) is 10.2 Å². The summed E-state index contributed by atoms with van der Waals surface area (Å²) in [5, 5.41) is 3.07. The molecule has 2 atom stereocenters. The van der Waals surface area contributed by atoms with Gasteiger partial charge >= 0.3 is 10.2 Å². The molecule has 2 N–H and O–H groups in total. The second-order valence-electron chi connectivity index (χ2n) is 10.4. The van der Waals surface area contributed by atoms with E-state index in [1.165, 1.54) is 10.4 Å². The number of nitrogens with one attached hydrogen (secondary N) is 2. The number of pyridine rings is 1. The average Bonchev–Trinajstić information content (AvgIpc) is 3.37. The highest BCUT2D eigenvalue weighted by Gasteiger charge is 2.40. The standard InChI is InChI=1S/C25H34FN5O3S/c1-16-6-7-19(21(26)12-16)22-9-8-20(23(28-22)31-14-17(2)13-25(31,3)4)24(32)29-35(33,34)30-11-10-18(15-30)27-5/h6-9,12,17-18,27H,10-11,13-15H2,1-5H3,(H,29,32)/t17-,18-/m0/s1. The lowest BCUT2D eigenvalue weighted by Crippen LogP contribution is -2.45. The van der Waals surface area contributed by atoms with Crippen LogP contribution < -0.4 is 14.9 Å². The molecule has 8 nitrogen and oxygen atoms in total. The van der Waals surface area contributed by atoms with E-state index >= 15 is 0 Å². The van der Waals surface area contributed by atoms with Crippen molar-refractivity contribution < 1.29 is 17.6 Å². The van der Waals surface area contributed by atoms with Gasteiger partial charge in [0.15, 0.2) is 0 Å². The number of amides is 1. The summed E-state index contributed by atoms with van der Waals surface area (Å²) in [5.41, 5.74) is 1.36. The van der Waals surface area contributed by atoms with Gasteiger partial charge in [-0.05, 0) is 76.4 Å². The van der Waals surface area contributed by atoms with Crippen molar-refractivity contribution in [2.24, 2.45) is 5.92 Å². The molecule has 0 radical (unpaired) electrons. The number of likely N-dealkylation sites (N-methyl/N-ethyl adjacent to an activating group) is 1. The molecule has 1 aromatic heterocycles. The molecule has 2 aliphatic heterocycles. The predicted molar refractivity (Wildman–Crippen MR) is 135 cm³/mol. The summed E-state index contributed by atoms with van der Waals surface area (Å²) in [6, 6.07) is 8.09. The topological polar surface area (TPSA) is 94.6 Å². The highest BCUT2D eigenvalue weighted by atomic mass is 32.2. The first-order valence-corrected chi connectivity index (χ1v) is 13.4.